The summed E-state index contributed by atoms with van der Waals surface area (Å²) in [5.74, 6) is 0. The molecule has 2 heterocycles. The van der Waals surface area contributed by atoms with Crippen molar-refractivity contribution < 1.29 is 0 Å². The standard InChI is InChI=1S/C56H40N4/c1-6-18-44(19-7-1)57(45-20-8-2-9-21-45)49-35-30-41(31-36-49)43-34-39-52-51(40-43)55(56-59(48-26-14-5-15-27-48)53-28-16-17-29-54(53)60(52)56)42-32-37-50(38-33-42)58(46-22-10-3-11-23-46)47-24-12-4-13-25-47/h1-40H. The minimum absolute atomic E-state index is 1.10. The minimum Gasteiger partial charge on any atom is -0.311 e. The molecule has 0 spiro atoms. The Labute approximate surface area is 349 Å². The molecule has 0 bridgehead atoms. The number of para-hydroxylation sites is 7. The van der Waals surface area contributed by atoms with Crippen molar-refractivity contribution in [1.29, 1.82) is 0 Å². The molecule has 284 valence electrons. The molecule has 4 nitrogen and oxygen atoms in total. The molecule has 9 aromatic carbocycles. The minimum atomic E-state index is 1.10. The van der Waals surface area contributed by atoms with Gasteiger partial charge in [-0.05, 0) is 126 Å². The molecule has 0 aliphatic carbocycles. The molecule has 4 heteroatoms. The fourth-order valence-corrected chi connectivity index (χ4v) is 8.78. The monoisotopic (exact) mass is 768 g/mol. The van der Waals surface area contributed by atoms with Gasteiger partial charge in [-0.15, -0.1) is 0 Å². The zero-order valence-electron chi connectivity index (χ0n) is 32.9. The van der Waals surface area contributed by atoms with Gasteiger partial charge in [0.05, 0.1) is 16.6 Å². The lowest BCUT2D eigenvalue weighted by molar-refractivity contribution is 1.15. The molecule has 0 N–H and O–H groups in total. The molecule has 0 atom stereocenters. The molecular weight excluding hydrogens is 729 g/mol. The highest BCUT2D eigenvalue weighted by molar-refractivity contribution is 6.10. The molecule has 0 saturated carbocycles. The van der Waals surface area contributed by atoms with Crippen LogP contribution in [-0.4, -0.2) is 8.97 Å². The van der Waals surface area contributed by atoms with E-state index in [2.05, 4.69) is 261 Å². The summed E-state index contributed by atoms with van der Waals surface area (Å²) in [5.41, 5.74) is 17.1. The lowest BCUT2D eigenvalue weighted by Crippen LogP contribution is -2.09. The van der Waals surface area contributed by atoms with Crippen molar-refractivity contribution in [2.24, 2.45) is 0 Å². The van der Waals surface area contributed by atoms with Gasteiger partial charge in [0, 0.05) is 50.8 Å². The smallest absolute Gasteiger partial charge is 0.131 e. The third-order valence-corrected chi connectivity index (χ3v) is 11.5. The average Bonchev–Trinajstić information content (AvgIpc) is 3.83. The number of benzene rings is 9. The van der Waals surface area contributed by atoms with Gasteiger partial charge < -0.3 is 9.80 Å². The van der Waals surface area contributed by atoms with E-state index in [1.54, 1.807) is 0 Å². The second-order valence-corrected chi connectivity index (χ2v) is 15.0. The highest BCUT2D eigenvalue weighted by Gasteiger charge is 2.23. The number of imidazole rings is 1. The van der Waals surface area contributed by atoms with Gasteiger partial charge >= 0.3 is 0 Å². The van der Waals surface area contributed by atoms with E-state index in [-0.39, 0.29) is 0 Å². The van der Waals surface area contributed by atoms with E-state index >= 15 is 0 Å². The van der Waals surface area contributed by atoms with Gasteiger partial charge in [0.1, 0.15) is 5.65 Å². The third kappa shape index (κ3) is 6.10. The molecule has 0 radical (unpaired) electrons. The summed E-state index contributed by atoms with van der Waals surface area (Å²) in [6.45, 7) is 0. The largest absolute Gasteiger partial charge is 0.311 e. The number of hydrogen-bond donors (Lipinski definition) is 0. The molecule has 0 fully saturated rings. The summed E-state index contributed by atoms with van der Waals surface area (Å²) in [4.78, 5) is 4.62. The number of hydrogen-bond acceptors (Lipinski definition) is 2. The first-order valence-corrected chi connectivity index (χ1v) is 20.4. The first-order chi connectivity index (χ1) is 29.8. The molecule has 0 amide bonds. The van der Waals surface area contributed by atoms with Crippen molar-refractivity contribution in [2.45, 2.75) is 0 Å². The van der Waals surface area contributed by atoms with E-state index in [0.717, 1.165) is 56.6 Å². The van der Waals surface area contributed by atoms with Crippen molar-refractivity contribution in [3.63, 3.8) is 0 Å². The predicted octanol–water partition coefficient (Wildman–Crippen LogP) is 15.3. The average molecular weight is 769 g/mol. The van der Waals surface area contributed by atoms with Gasteiger partial charge in [0.2, 0.25) is 0 Å². The summed E-state index contributed by atoms with van der Waals surface area (Å²) < 4.78 is 4.88. The Hall–Kier alpha value is -8.08. The number of aromatic nitrogens is 2. The predicted molar refractivity (Wildman–Crippen MR) is 252 cm³/mol. The Kier molecular flexibility index (Phi) is 8.79. The van der Waals surface area contributed by atoms with Crippen LogP contribution in [0.25, 0.3) is 55.5 Å². The number of fused-ring (bicyclic) bond motifs is 5. The lowest BCUT2D eigenvalue weighted by atomic mass is 9.98. The first kappa shape index (κ1) is 35.1. The summed E-state index contributed by atoms with van der Waals surface area (Å²) in [7, 11) is 0. The number of nitrogens with zero attached hydrogens (tertiary/aromatic N) is 4. The maximum absolute atomic E-state index is 2.45. The Morgan fingerprint density at radius 1 is 0.283 bits per heavy atom. The SMILES string of the molecule is c1ccc(N(c2ccccc2)c2ccc(-c3ccc4c(c3)c(-c3ccc(N(c5ccccc5)c5ccccc5)cc3)c3n(-c5ccccc5)c5ccccc5n43)cc2)cc1. The molecular formula is C56H40N4. The Morgan fingerprint density at radius 3 is 1.15 bits per heavy atom. The quantitative estimate of drug-likeness (QED) is 0.145. The zero-order chi connectivity index (χ0) is 39.8. The second kappa shape index (κ2) is 15.0. The van der Waals surface area contributed by atoms with E-state index in [4.69, 9.17) is 0 Å². The third-order valence-electron chi connectivity index (χ3n) is 11.5. The van der Waals surface area contributed by atoms with E-state index in [9.17, 15) is 0 Å². The summed E-state index contributed by atoms with van der Waals surface area (Å²) in [6.07, 6.45) is 0. The molecule has 0 aliphatic heterocycles. The molecule has 0 unspecified atom stereocenters. The van der Waals surface area contributed by atoms with Gasteiger partial charge in [0.15, 0.2) is 0 Å². The van der Waals surface area contributed by atoms with E-state index in [1.807, 2.05) is 0 Å². The highest BCUT2D eigenvalue weighted by atomic mass is 15.2. The van der Waals surface area contributed by atoms with Gasteiger partial charge in [-0.25, -0.2) is 0 Å². The molecule has 2 aromatic heterocycles. The van der Waals surface area contributed by atoms with Crippen molar-refractivity contribution in [2.75, 3.05) is 9.80 Å². The van der Waals surface area contributed by atoms with Crippen molar-refractivity contribution in [3.05, 3.63) is 243 Å². The van der Waals surface area contributed by atoms with Crippen molar-refractivity contribution in [3.8, 4) is 27.9 Å². The molecule has 11 aromatic rings. The van der Waals surface area contributed by atoms with Crippen LogP contribution < -0.4 is 9.80 Å². The summed E-state index contributed by atoms with van der Waals surface area (Å²) in [6, 6.07) is 86.8. The Balaban J connectivity index is 1.09. The fourth-order valence-electron chi connectivity index (χ4n) is 8.78. The van der Waals surface area contributed by atoms with E-state index in [1.165, 1.54) is 33.1 Å². The van der Waals surface area contributed by atoms with Crippen LogP contribution in [0.15, 0.2) is 243 Å². The second-order valence-electron chi connectivity index (χ2n) is 15.0. The van der Waals surface area contributed by atoms with Crippen LogP contribution in [0.3, 0.4) is 0 Å². The molecule has 60 heavy (non-hydrogen) atoms. The number of anilines is 6. The van der Waals surface area contributed by atoms with Gasteiger partial charge in [-0.3, -0.25) is 8.97 Å². The lowest BCUT2D eigenvalue weighted by Gasteiger charge is -2.25. The Morgan fingerprint density at radius 2 is 0.667 bits per heavy atom. The van der Waals surface area contributed by atoms with Crippen molar-refractivity contribution >= 4 is 61.7 Å². The van der Waals surface area contributed by atoms with E-state index in [0.29, 0.717) is 0 Å². The van der Waals surface area contributed by atoms with Gasteiger partial charge in [-0.1, -0.05) is 133 Å². The highest BCUT2D eigenvalue weighted by Crippen LogP contribution is 2.44. The van der Waals surface area contributed by atoms with Gasteiger partial charge in [0.25, 0.3) is 0 Å². The topological polar surface area (TPSA) is 15.8 Å². The molecule has 0 saturated heterocycles. The normalized spacial score (nSPS) is 11.3. The maximum Gasteiger partial charge on any atom is 0.131 e. The summed E-state index contributed by atoms with van der Waals surface area (Å²) >= 11 is 0. The van der Waals surface area contributed by atoms with Crippen LogP contribution >= 0.6 is 0 Å². The number of rotatable bonds is 9. The molecule has 0 aliphatic rings. The fraction of sp³-hybridized carbons (Fsp3) is 0. The Bertz CT molecular complexity index is 3130. The van der Waals surface area contributed by atoms with Crippen LogP contribution in [0.2, 0.25) is 0 Å². The molecule has 11 rings (SSSR count). The van der Waals surface area contributed by atoms with Crippen molar-refractivity contribution in [1.82, 2.24) is 8.97 Å². The van der Waals surface area contributed by atoms with Crippen LogP contribution in [0.5, 0.6) is 0 Å². The van der Waals surface area contributed by atoms with Crippen LogP contribution in [0, 0.1) is 0 Å². The van der Waals surface area contributed by atoms with E-state index < -0.39 is 0 Å². The van der Waals surface area contributed by atoms with Gasteiger partial charge in [-0.2, -0.15) is 0 Å². The zero-order valence-corrected chi connectivity index (χ0v) is 32.9. The van der Waals surface area contributed by atoms with Crippen LogP contribution in [-0.2, 0) is 0 Å². The van der Waals surface area contributed by atoms with Crippen LogP contribution in [0.4, 0.5) is 34.1 Å². The summed E-state index contributed by atoms with van der Waals surface area (Å²) in [5, 5.41) is 1.20. The first-order valence-electron chi connectivity index (χ1n) is 20.4. The van der Waals surface area contributed by atoms with Crippen LogP contribution in [0.1, 0.15) is 0 Å². The maximum atomic E-state index is 2.45.